The summed E-state index contributed by atoms with van der Waals surface area (Å²) in [5.41, 5.74) is 2.83. The van der Waals surface area contributed by atoms with Gasteiger partial charge in [-0.25, -0.2) is 0 Å². The Labute approximate surface area is 62.5 Å². The lowest BCUT2D eigenvalue weighted by molar-refractivity contribution is 1.25. The van der Waals surface area contributed by atoms with E-state index in [1.807, 2.05) is 13.8 Å². The van der Waals surface area contributed by atoms with Crippen molar-refractivity contribution in [1.82, 2.24) is 0 Å². The molecule has 1 nitrogen and oxygen atoms in total. The van der Waals surface area contributed by atoms with Crippen LogP contribution in [0.15, 0.2) is 41.1 Å². The molecule has 0 unspecified atom stereocenters. The van der Waals surface area contributed by atoms with Crippen molar-refractivity contribution in [3.8, 4) is 0 Å². The molecule has 0 radical (unpaired) electrons. The molecule has 54 valence electrons. The van der Waals surface area contributed by atoms with Gasteiger partial charge < -0.3 is 0 Å². The van der Waals surface area contributed by atoms with E-state index in [0.29, 0.717) is 0 Å². The first kappa shape index (κ1) is 8.89. The van der Waals surface area contributed by atoms with Crippen LogP contribution in [0.25, 0.3) is 0 Å². The van der Waals surface area contributed by atoms with E-state index in [0.717, 1.165) is 16.8 Å². The van der Waals surface area contributed by atoms with Crippen LogP contribution in [0, 0.1) is 0 Å². The zero-order valence-electron chi connectivity index (χ0n) is 6.65. The Morgan fingerprint density at radius 3 is 2.00 bits per heavy atom. The van der Waals surface area contributed by atoms with Gasteiger partial charge in [-0.3, -0.25) is 4.99 Å². The van der Waals surface area contributed by atoms with E-state index in [4.69, 9.17) is 0 Å². The van der Waals surface area contributed by atoms with Crippen molar-refractivity contribution in [2.75, 3.05) is 0 Å². The van der Waals surface area contributed by atoms with E-state index in [1.54, 1.807) is 6.08 Å². The highest BCUT2D eigenvalue weighted by Gasteiger charge is 1.95. The van der Waals surface area contributed by atoms with Crippen LogP contribution in [-0.2, 0) is 0 Å². The molecule has 0 aromatic heterocycles. The highest BCUT2D eigenvalue weighted by atomic mass is 14.7. The second-order valence-electron chi connectivity index (χ2n) is 2.14. The van der Waals surface area contributed by atoms with Gasteiger partial charge in [-0.05, 0) is 31.7 Å². The summed E-state index contributed by atoms with van der Waals surface area (Å²) in [5, 5.41) is 0. The maximum atomic E-state index is 3.78. The third-order valence-corrected chi connectivity index (χ3v) is 1.29. The molecule has 0 rings (SSSR count). The Morgan fingerprint density at radius 1 is 1.40 bits per heavy atom. The molecule has 0 bridgehead atoms. The maximum Gasteiger partial charge on any atom is 0.0439 e. The molecule has 0 saturated heterocycles. The van der Waals surface area contributed by atoms with E-state index in [2.05, 4.69) is 24.9 Å². The van der Waals surface area contributed by atoms with Gasteiger partial charge >= 0.3 is 0 Å². The highest BCUT2D eigenvalue weighted by Crippen LogP contribution is 2.13. The van der Waals surface area contributed by atoms with Crippen LogP contribution in [0.4, 0.5) is 0 Å². The lowest BCUT2D eigenvalue weighted by Crippen LogP contribution is -1.82. The Bertz CT molecular complexity index is 197. The number of aliphatic imine (C=N–C) groups is 1. The van der Waals surface area contributed by atoms with Crippen LogP contribution >= 0.6 is 0 Å². The molecule has 1 heteroatoms. The highest BCUT2D eigenvalue weighted by molar-refractivity contribution is 5.42. The molecule has 0 aliphatic rings. The molecule has 0 aromatic rings. The quantitative estimate of drug-likeness (QED) is 0.417. The number of allylic oxidation sites excluding steroid dienone is 4. The Kier molecular flexibility index (Phi) is 3.40. The van der Waals surface area contributed by atoms with Crippen molar-refractivity contribution in [2.24, 2.45) is 4.99 Å². The van der Waals surface area contributed by atoms with E-state index < -0.39 is 0 Å². The van der Waals surface area contributed by atoms with Gasteiger partial charge in [-0.15, -0.1) is 0 Å². The third kappa shape index (κ3) is 2.02. The lowest BCUT2D eigenvalue weighted by atomic mass is 10.1. The standard InChI is InChI=1S/C9H13N/c1-6-9(7(2)3)8(4)10-5/h6H,1-2,5H2,3-4H3/b9-8+. The van der Waals surface area contributed by atoms with Crippen LogP contribution < -0.4 is 0 Å². The molecule has 0 amide bonds. The Balaban J connectivity index is 4.79. The van der Waals surface area contributed by atoms with Gasteiger partial charge in [0.25, 0.3) is 0 Å². The van der Waals surface area contributed by atoms with Gasteiger partial charge in [-0.1, -0.05) is 19.2 Å². The molecule has 0 aliphatic carbocycles. The van der Waals surface area contributed by atoms with Crippen molar-refractivity contribution in [1.29, 1.82) is 0 Å². The van der Waals surface area contributed by atoms with Gasteiger partial charge in [0.15, 0.2) is 0 Å². The molecular weight excluding hydrogens is 122 g/mol. The largest absolute Gasteiger partial charge is 0.269 e. The molecular formula is C9H13N. The summed E-state index contributed by atoms with van der Waals surface area (Å²) >= 11 is 0. The summed E-state index contributed by atoms with van der Waals surface area (Å²) < 4.78 is 0. The normalized spacial score (nSPS) is 11.8. The zero-order valence-corrected chi connectivity index (χ0v) is 6.65. The molecule has 0 heterocycles. The molecule has 0 aliphatic heterocycles. The van der Waals surface area contributed by atoms with E-state index >= 15 is 0 Å². The van der Waals surface area contributed by atoms with Gasteiger partial charge in [0.1, 0.15) is 0 Å². The number of nitrogens with zero attached hydrogens (tertiary/aromatic N) is 1. The van der Waals surface area contributed by atoms with Crippen molar-refractivity contribution in [3.05, 3.63) is 36.1 Å². The van der Waals surface area contributed by atoms with Crippen LogP contribution in [0.2, 0.25) is 0 Å². The molecule has 0 saturated carbocycles. The smallest absolute Gasteiger partial charge is 0.0439 e. The van der Waals surface area contributed by atoms with E-state index in [1.165, 1.54) is 0 Å². The first-order valence-electron chi connectivity index (χ1n) is 3.09. The minimum atomic E-state index is 0.877. The van der Waals surface area contributed by atoms with Crippen molar-refractivity contribution in [3.63, 3.8) is 0 Å². The summed E-state index contributed by atoms with van der Waals surface area (Å²) in [5.74, 6) is 0. The van der Waals surface area contributed by atoms with Gasteiger partial charge in [0.2, 0.25) is 0 Å². The van der Waals surface area contributed by atoms with Crippen LogP contribution in [0.3, 0.4) is 0 Å². The fraction of sp³-hybridized carbons (Fsp3) is 0.222. The molecule has 0 atom stereocenters. The summed E-state index contributed by atoms with van der Waals surface area (Å²) in [6.07, 6.45) is 1.74. The minimum absolute atomic E-state index is 0.877. The molecule has 10 heavy (non-hydrogen) atoms. The van der Waals surface area contributed by atoms with Gasteiger partial charge in [-0.2, -0.15) is 0 Å². The number of hydrogen-bond donors (Lipinski definition) is 0. The Morgan fingerprint density at radius 2 is 1.90 bits per heavy atom. The summed E-state index contributed by atoms with van der Waals surface area (Å²) in [4.78, 5) is 3.78. The van der Waals surface area contributed by atoms with Crippen molar-refractivity contribution >= 4 is 6.72 Å². The minimum Gasteiger partial charge on any atom is -0.269 e. The second kappa shape index (κ2) is 3.83. The third-order valence-electron chi connectivity index (χ3n) is 1.29. The Hall–Kier alpha value is -1.11. The summed E-state index contributed by atoms with van der Waals surface area (Å²) in [6, 6.07) is 0. The van der Waals surface area contributed by atoms with Crippen molar-refractivity contribution < 1.29 is 0 Å². The maximum absolute atomic E-state index is 3.78. The second-order valence-corrected chi connectivity index (χ2v) is 2.14. The van der Waals surface area contributed by atoms with Crippen LogP contribution in [-0.4, -0.2) is 6.72 Å². The zero-order chi connectivity index (χ0) is 8.15. The number of rotatable bonds is 3. The molecule has 0 N–H and O–H groups in total. The average Bonchev–Trinajstić information content (AvgIpc) is 1.88. The average molecular weight is 135 g/mol. The fourth-order valence-corrected chi connectivity index (χ4v) is 0.716. The summed E-state index contributed by atoms with van der Waals surface area (Å²) in [6.45, 7) is 14.6. The predicted octanol–water partition coefficient (Wildman–Crippen LogP) is 2.72. The molecule has 0 spiro atoms. The summed E-state index contributed by atoms with van der Waals surface area (Å²) in [7, 11) is 0. The predicted molar refractivity (Wildman–Crippen MR) is 47.3 cm³/mol. The number of hydrogen-bond acceptors (Lipinski definition) is 1. The monoisotopic (exact) mass is 135 g/mol. The van der Waals surface area contributed by atoms with Crippen LogP contribution in [0.1, 0.15) is 13.8 Å². The van der Waals surface area contributed by atoms with E-state index in [-0.39, 0.29) is 0 Å². The molecule has 0 aromatic carbocycles. The SMILES string of the molecule is C=C/C(C(=C)C)=C(/C)N=C. The van der Waals surface area contributed by atoms with E-state index in [9.17, 15) is 0 Å². The first-order valence-corrected chi connectivity index (χ1v) is 3.09. The fourth-order valence-electron chi connectivity index (χ4n) is 0.716. The molecule has 0 fully saturated rings. The first-order chi connectivity index (χ1) is 4.63. The van der Waals surface area contributed by atoms with Crippen molar-refractivity contribution in [2.45, 2.75) is 13.8 Å². The topological polar surface area (TPSA) is 12.4 Å². The van der Waals surface area contributed by atoms with Crippen LogP contribution in [0.5, 0.6) is 0 Å². The lowest BCUT2D eigenvalue weighted by Gasteiger charge is -2.01. The van der Waals surface area contributed by atoms with Gasteiger partial charge in [0.05, 0.1) is 0 Å². The van der Waals surface area contributed by atoms with Gasteiger partial charge in [0, 0.05) is 5.70 Å².